The van der Waals surface area contributed by atoms with Crippen LogP contribution in [0.2, 0.25) is 0 Å². The number of fused-ring (bicyclic) bond motifs is 1. The number of hydrogen-bond donors (Lipinski definition) is 1. The Hall–Kier alpha value is -1.62. The fraction of sp³-hybridized carbons (Fsp3) is 0.200. The number of rotatable bonds is 2. The third-order valence-electron chi connectivity index (χ3n) is 3.30. The van der Waals surface area contributed by atoms with Crippen molar-refractivity contribution >= 4 is 17.4 Å². The van der Waals surface area contributed by atoms with Gasteiger partial charge in [-0.05, 0) is 11.1 Å². The monoisotopic (exact) mass is 295 g/mol. The Bertz CT molecular complexity index is 645. The van der Waals surface area contributed by atoms with E-state index >= 15 is 0 Å². The smallest absolute Gasteiger partial charge is 0.182 e. The third kappa shape index (κ3) is 2.50. The van der Waals surface area contributed by atoms with Crippen molar-refractivity contribution in [1.29, 1.82) is 0 Å². The number of thioether (sulfide) groups is 1. The second-order valence-corrected chi connectivity index (χ2v) is 5.69. The maximum absolute atomic E-state index is 13.7. The van der Waals surface area contributed by atoms with Gasteiger partial charge in [0, 0.05) is 23.6 Å². The Morgan fingerprint density at radius 2 is 1.90 bits per heavy atom. The highest BCUT2D eigenvalue weighted by Gasteiger charge is 2.22. The quantitative estimate of drug-likeness (QED) is 0.818. The van der Waals surface area contributed by atoms with Gasteiger partial charge in [-0.25, -0.2) is 13.2 Å². The molecule has 0 radical (unpaired) electrons. The van der Waals surface area contributed by atoms with E-state index in [4.69, 9.17) is 0 Å². The molecule has 0 bridgehead atoms. The van der Waals surface area contributed by atoms with E-state index < -0.39 is 17.5 Å². The summed E-state index contributed by atoms with van der Waals surface area (Å²) in [6.45, 7) is 0. The molecule has 1 heterocycles. The second-order valence-electron chi connectivity index (χ2n) is 4.66. The van der Waals surface area contributed by atoms with Crippen molar-refractivity contribution in [3.63, 3.8) is 0 Å². The summed E-state index contributed by atoms with van der Waals surface area (Å²) >= 11 is 1.71. The lowest BCUT2D eigenvalue weighted by Crippen LogP contribution is -2.19. The van der Waals surface area contributed by atoms with Crippen molar-refractivity contribution in [1.82, 2.24) is 0 Å². The Morgan fingerprint density at radius 3 is 2.75 bits per heavy atom. The Morgan fingerprint density at radius 1 is 1.10 bits per heavy atom. The molecule has 1 atom stereocenters. The largest absolute Gasteiger partial charge is 0.375 e. The molecule has 5 heteroatoms. The third-order valence-corrected chi connectivity index (χ3v) is 4.38. The summed E-state index contributed by atoms with van der Waals surface area (Å²) < 4.78 is 40.1. The molecule has 2 aromatic carbocycles. The molecule has 3 rings (SSSR count). The van der Waals surface area contributed by atoms with E-state index in [0.717, 1.165) is 23.1 Å². The molecule has 1 N–H and O–H groups in total. The lowest BCUT2D eigenvalue weighted by Gasteiger charge is -2.27. The summed E-state index contributed by atoms with van der Waals surface area (Å²) in [7, 11) is 0. The van der Waals surface area contributed by atoms with Crippen molar-refractivity contribution in [3.05, 3.63) is 65.0 Å². The molecule has 104 valence electrons. The molecular formula is C15H12F3NS. The van der Waals surface area contributed by atoms with Crippen molar-refractivity contribution in [2.75, 3.05) is 11.1 Å². The second kappa shape index (κ2) is 5.40. The van der Waals surface area contributed by atoms with Crippen molar-refractivity contribution in [2.24, 2.45) is 0 Å². The first-order valence-electron chi connectivity index (χ1n) is 6.22. The first kappa shape index (κ1) is 13.4. The molecule has 1 nitrogen and oxygen atoms in total. The number of benzene rings is 2. The fourth-order valence-electron chi connectivity index (χ4n) is 2.35. The van der Waals surface area contributed by atoms with E-state index in [-0.39, 0.29) is 11.7 Å². The van der Waals surface area contributed by atoms with Gasteiger partial charge >= 0.3 is 0 Å². The molecular weight excluding hydrogens is 283 g/mol. The zero-order valence-electron chi connectivity index (χ0n) is 10.5. The van der Waals surface area contributed by atoms with Crippen LogP contribution in [0, 0.1) is 17.5 Å². The van der Waals surface area contributed by atoms with Gasteiger partial charge in [0.2, 0.25) is 0 Å². The van der Waals surface area contributed by atoms with E-state index in [2.05, 4.69) is 5.32 Å². The van der Waals surface area contributed by atoms with Crippen LogP contribution in [0.4, 0.5) is 18.9 Å². The van der Waals surface area contributed by atoms with Gasteiger partial charge in [0.25, 0.3) is 0 Å². The van der Waals surface area contributed by atoms with Crippen LogP contribution in [0.5, 0.6) is 0 Å². The van der Waals surface area contributed by atoms with Crippen molar-refractivity contribution < 1.29 is 13.2 Å². The van der Waals surface area contributed by atoms with Crippen LogP contribution in [0.25, 0.3) is 0 Å². The summed E-state index contributed by atoms with van der Waals surface area (Å²) in [6.07, 6.45) is 0. The maximum Gasteiger partial charge on any atom is 0.182 e. The zero-order valence-corrected chi connectivity index (χ0v) is 11.3. The molecule has 0 amide bonds. The summed E-state index contributed by atoms with van der Waals surface area (Å²) in [5, 5.41) is 2.91. The van der Waals surface area contributed by atoms with Gasteiger partial charge in [-0.15, -0.1) is 0 Å². The van der Waals surface area contributed by atoms with Gasteiger partial charge in [-0.2, -0.15) is 11.8 Å². The first-order chi connectivity index (χ1) is 9.65. The van der Waals surface area contributed by atoms with Crippen molar-refractivity contribution in [3.8, 4) is 0 Å². The van der Waals surface area contributed by atoms with Gasteiger partial charge in [-0.1, -0.05) is 24.3 Å². The Labute approximate surface area is 119 Å². The minimum absolute atomic E-state index is 0.134. The predicted molar refractivity (Wildman–Crippen MR) is 75.3 cm³/mol. The molecule has 1 unspecified atom stereocenters. The average molecular weight is 295 g/mol. The lowest BCUT2D eigenvalue weighted by molar-refractivity contribution is 0.496. The summed E-state index contributed by atoms with van der Waals surface area (Å²) in [5.74, 6) is -1.38. The number of halogens is 3. The molecule has 0 saturated heterocycles. The van der Waals surface area contributed by atoms with Gasteiger partial charge in [0.05, 0.1) is 11.7 Å². The van der Waals surface area contributed by atoms with E-state index in [1.54, 1.807) is 11.8 Å². The molecule has 0 fully saturated rings. The molecule has 0 aliphatic carbocycles. The highest BCUT2D eigenvalue weighted by molar-refractivity contribution is 7.98. The van der Waals surface area contributed by atoms with Gasteiger partial charge in [0.15, 0.2) is 11.6 Å². The minimum Gasteiger partial charge on any atom is -0.375 e. The molecule has 2 aromatic rings. The molecule has 0 aromatic heterocycles. The van der Waals surface area contributed by atoms with Crippen LogP contribution in [-0.4, -0.2) is 5.75 Å². The molecule has 1 aliphatic rings. The SMILES string of the molecule is Fc1cc(F)c(F)c(NC2CSCc3ccccc32)c1. The molecule has 0 spiro atoms. The highest BCUT2D eigenvalue weighted by atomic mass is 32.2. The zero-order chi connectivity index (χ0) is 14.1. The standard InChI is InChI=1S/C15H12F3NS/c16-10-5-12(17)15(18)13(6-10)19-14-8-20-7-9-3-1-2-4-11(9)14/h1-6,14,19H,7-8H2. The van der Waals surface area contributed by atoms with Gasteiger partial charge < -0.3 is 5.32 Å². The van der Waals surface area contributed by atoms with Crippen molar-refractivity contribution in [2.45, 2.75) is 11.8 Å². The topological polar surface area (TPSA) is 12.0 Å². The van der Waals surface area contributed by atoms with Crippen LogP contribution in [0.1, 0.15) is 17.2 Å². The van der Waals surface area contributed by atoms with E-state index in [9.17, 15) is 13.2 Å². The predicted octanol–water partition coefficient (Wildman–Crippen LogP) is 4.50. The molecule has 20 heavy (non-hydrogen) atoms. The minimum atomic E-state index is -1.18. The first-order valence-corrected chi connectivity index (χ1v) is 7.37. The van der Waals surface area contributed by atoms with Crippen LogP contribution in [-0.2, 0) is 5.75 Å². The number of anilines is 1. The summed E-state index contributed by atoms with van der Waals surface area (Å²) in [5.41, 5.74) is 2.08. The Kier molecular flexibility index (Phi) is 3.61. The van der Waals surface area contributed by atoms with Crippen LogP contribution < -0.4 is 5.32 Å². The maximum atomic E-state index is 13.7. The van der Waals surface area contributed by atoms with E-state index in [1.807, 2.05) is 24.3 Å². The summed E-state index contributed by atoms with van der Waals surface area (Å²) in [6, 6.07) is 9.21. The number of hydrogen-bond acceptors (Lipinski definition) is 2. The number of nitrogens with one attached hydrogen (secondary N) is 1. The van der Waals surface area contributed by atoms with Crippen LogP contribution in [0.3, 0.4) is 0 Å². The fourth-order valence-corrected chi connectivity index (χ4v) is 3.45. The normalized spacial score (nSPS) is 17.6. The summed E-state index contributed by atoms with van der Waals surface area (Å²) in [4.78, 5) is 0. The average Bonchev–Trinajstić information content (AvgIpc) is 2.44. The lowest BCUT2D eigenvalue weighted by atomic mass is 10.0. The Balaban J connectivity index is 1.93. The molecule has 0 saturated carbocycles. The highest BCUT2D eigenvalue weighted by Crippen LogP contribution is 2.34. The van der Waals surface area contributed by atoms with E-state index in [0.29, 0.717) is 6.07 Å². The van der Waals surface area contributed by atoms with Gasteiger partial charge in [0.1, 0.15) is 5.82 Å². The molecule has 1 aliphatic heterocycles. The van der Waals surface area contributed by atoms with Crippen LogP contribution in [0.15, 0.2) is 36.4 Å². The van der Waals surface area contributed by atoms with Gasteiger partial charge in [-0.3, -0.25) is 0 Å². The van der Waals surface area contributed by atoms with Crippen LogP contribution >= 0.6 is 11.8 Å². The van der Waals surface area contributed by atoms with E-state index in [1.165, 1.54) is 5.56 Å².